The Labute approximate surface area is 426 Å². The van der Waals surface area contributed by atoms with Gasteiger partial charge in [0.2, 0.25) is 0 Å². The predicted octanol–water partition coefficient (Wildman–Crippen LogP) is 17.7. The first kappa shape index (κ1) is 51.7. The van der Waals surface area contributed by atoms with Crippen molar-refractivity contribution in [2.45, 2.75) is 24.7 Å². The van der Waals surface area contributed by atoms with E-state index in [-0.39, 0.29) is 22.3 Å². The zero-order chi connectivity index (χ0) is 50.8. The zero-order valence-electron chi connectivity index (χ0n) is 34.7. The SMILES string of the molecule is FC(F)(F)c1ccc(C#Cc2cc(Br)c(-c3cc(Br)c(-c4cc(C#Cc5ccc(C(F)(F)F)cc5)c(C#Cc5ccc(C(F)(F)F)cc5)cc4Br)cc3Br)cc2C#Cc2ccc(C(F)(F)F)cc2)cc1. The highest BCUT2D eigenvalue weighted by atomic mass is 79.9. The second-order valence-corrected chi connectivity index (χ2v) is 18.3. The Kier molecular flexibility index (Phi) is 15.3. The Bertz CT molecular complexity index is 3160. The second kappa shape index (κ2) is 20.7. The molecule has 0 aliphatic heterocycles. The molecule has 0 spiro atoms. The van der Waals surface area contributed by atoms with E-state index in [1.807, 2.05) is 0 Å². The fraction of sp³-hybridized carbons (Fsp3) is 0.0741. The van der Waals surface area contributed by atoms with E-state index in [0.717, 1.165) is 48.5 Å². The van der Waals surface area contributed by atoms with Gasteiger partial charge in [-0.1, -0.05) is 111 Å². The largest absolute Gasteiger partial charge is 0.416 e. The lowest BCUT2D eigenvalue weighted by Gasteiger charge is -2.15. The van der Waals surface area contributed by atoms with Crippen molar-refractivity contribution in [1.29, 1.82) is 0 Å². The van der Waals surface area contributed by atoms with Crippen LogP contribution in [0.2, 0.25) is 0 Å². The maximum Gasteiger partial charge on any atom is 0.416 e. The Morgan fingerprint density at radius 2 is 0.429 bits per heavy atom. The third-order valence-corrected chi connectivity index (χ3v) is 12.7. The minimum absolute atomic E-state index is 0.262. The van der Waals surface area contributed by atoms with E-state index in [1.54, 1.807) is 36.4 Å². The van der Waals surface area contributed by atoms with Crippen LogP contribution in [0, 0.1) is 47.4 Å². The van der Waals surface area contributed by atoms with E-state index < -0.39 is 47.0 Å². The van der Waals surface area contributed by atoms with Crippen LogP contribution in [0.1, 0.15) is 66.8 Å². The highest BCUT2D eigenvalue weighted by Gasteiger charge is 2.32. The van der Waals surface area contributed by atoms with Gasteiger partial charge in [0.1, 0.15) is 0 Å². The standard InChI is InChI=1S/C54H22Br4F12/c55-47-27-37(15-3-33-9-21-41(22-10-33)53(65,66)67)35(13-1-31-5-17-39(18-6-31)51(59,60)61)25-43(47)45-29-50(58)46(30-49(45)57)44-26-36(14-2-32-7-19-40(20-8-32)52(62,63)64)38(28-48(44)56)16-4-34-11-23-42(24-12-34)54(68,69)70/h5-12,17-30H. The zero-order valence-corrected chi connectivity index (χ0v) is 41.1. The van der Waals surface area contributed by atoms with Gasteiger partial charge in [0, 0.05) is 62.4 Å². The Hall–Kier alpha value is -6.14. The average Bonchev–Trinajstić information content (AvgIpc) is 3.29. The molecule has 7 aromatic carbocycles. The maximum absolute atomic E-state index is 13.3. The molecule has 16 heteroatoms. The molecule has 0 N–H and O–H groups in total. The minimum atomic E-state index is -4.56. The first-order valence-electron chi connectivity index (χ1n) is 19.8. The van der Waals surface area contributed by atoms with Gasteiger partial charge < -0.3 is 0 Å². The molecule has 7 aromatic rings. The van der Waals surface area contributed by atoms with Gasteiger partial charge in [-0.15, -0.1) is 0 Å². The summed E-state index contributed by atoms with van der Waals surface area (Å²) in [5, 5.41) is 0. The van der Waals surface area contributed by atoms with Gasteiger partial charge in [-0.05, 0) is 156 Å². The lowest BCUT2D eigenvalue weighted by atomic mass is 9.95. The molecule has 0 bridgehead atoms. The van der Waals surface area contributed by atoms with Crippen LogP contribution in [0.4, 0.5) is 52.7 Å². The van der Waals surface area contributed by atoms with Gasteiger partial charge in [-0.2, -0.15) is 52.7 Å². The van der Waals surface area contributed by atoms with E-state index in [9.17, 15) is 52.7 Å². The summed E-state index contributed by atoms with van der Waals surface area (Å²) < 4.78 is 161. The lowest BCUT2D eigenvalue weighted by molar-refractivity contribution is -0.138. The Morgan fingerprint density at radius 3 is 0.643 bits per heavy atom. The summed E-state index contributed by atoms with van der Waals surface area (Å²) >= 11 is 14.6. The smallest absolute Gasteiger partial charge is 0.166 e. The molecule has 0 radical (unpaired) electrons. The first-order valence-corrected chi connectivity index (χ1v) is 22.9. The average molecular weight is 1220 g/mol. The second-order valence-electron chi connectivity index (χ2n) is 14.9. The fourth-order valence-corrected chi connectivity index (χ4v) is 8.69. The lowest BCUT2D eigenvalue weighted by Crippen LogP contribution is -2.04. The molecule has 7 rings (SSSR count). The van der Waals surface area contributed by atoms with Crippen LogP contribution in [-0.2, 0) is 24.7 Å². The summed E-state index contributed by atoms with van der Waals surface area (Å²) in [7, 11) is 0. The van der Waals surface area contributed by atoms with Crippen molar-refractivity contribution in [2.75, 3.05) is 0 Å². The fourth-order valence-electron chi connectivity index (χ4n) is 6.46. The van der Waals surface area contributed by atoms with Crippen molar-refractivity contribution in [3.8, 4) is 69.6 Å². The van der Waals surface area contributed by atoms with Crippen molar-refractivity contribution in [2.24, 2.45) is 0 Å². The van der Waals surface area contributed by atoms with Gasteiger partial charge in [0.05, 0.1) is 22.3 Å². The van der Waals surface area contributed by atoms with Crippen LogP contribution in [0.25, 0.3) is 22.3 Å². The molecule has 350 valence electrons. The van der Waals surface area contributed by atoms with Crippen molar-refractivity contribution in [1.82, 2.24) is 0 Å². The molecule has 0 nitrogen and oxygen atoms in total. The van der Waals surface area contributed by atoms with Crippen LogP contribution >= 0.6 is 63.7 Å². The number of rotatable bonds is 2. The monoisotopic (exact) mass is 1210 g/mol. The molecule has 0 aromatic heterocycles. The summed E-state index contributed by atoms with van der Waals surface area (Å²) in [6, 6.07) is 27.2. The molecule has 0 heterocycles. The highest BCUT2D eigenvalue weighted by Crippen LogP contribution is 2.44. The van der Waals surface area contributed by atoms with Crippen LogP contribution in [0.15, 0.2) is 151 Å². The molecule has 0 aliphatic rings. The summed E-state index contributed by atoms with van der Waals surface area (Å²) in [4.78, 5) is 0. The topological polar surface area (TPSA) is 0 Å². The molecule has 0 aliphatic carbocycles. The van der Waals surface area contributed by atoms with E-state index in [4.69, 9.17) is 0 Å². The summed E-state index contributed by atoms with van der Waals surface area (Å²) in [5.74, 6) is 23.3. The first-order chi connectivity index (χ1) is 32.8. The number of halogens is 16. The molecule has 0 saturated heterocycles. The summed E-state index contributed by atoms with van der Waals surface area (Å²) in [6.45, 7) is 0. The molecule has 70 heavy (non-hydrogen) atoms. The Morgan fingerprint density at radius 1 is 0.243 bits per heavy atom. The van der Waals surface area contributed by atoms with Crippen LogP contribution in [-0.4, -0.2) is 0 Å². The van der Waals surface area contributed by atoms with Gasteiger partial charge >= 0.3 is 24.7 Å². The van der Waals surface area contributed by atoms with Gasteiger partial charge in [0.25, 0.3) is 0 Å². The number of alkyl halides is 12. The van der Waals surface area contributed by atoms with E-state index in [0.29, 0.717) is 62.4 Å². The third-order valence-electron chi connectivity index (χ3n) is 10.1. The molecule has 0 amide bonds. The maximum atomic E-state index is 13.3. The third kappa shape index (κ3) is 12.8. The van der Waals surface area contributed by atoms with Gasteiger partial charge in [0.15, 0.2) is 0 Å². The van der Waals surface area contributed by atoms with Crippen molar-refractivity contribution < 1.29 is 52.7 Å². The molecule has 0 unspecified atom stereocenters. The van der Waals surface area contributed by atoms with Crippen molar-refractivity contribution >= 4 is 63.7 Å². The molecule has 0 atom stereocenters. The Balaban J connectivity index is 1.31. The van der Waals surface area contributed by atoms with E-state index in [2.05, 4.69) is 111 Å². The molecular formula is C54H22Br4F12. The normalized spacial score (nSPS) is 11.5. The number of benzene rings is 7. The number of hydrogen-bond acceptors (Lipinski definition) is 0. The van der Waals surface area contributed by atoms with E-state index >= 15 is 0 Å². The quantitative estimate of drug-likeness (QED) is 0.120. The van der Waals surface area contributed by atoms with Crippen molar-refractivity contribution in [3.05, 3.63) is 218 Å². The molecule has 0 saturated carbocycles. The highest BCUT2D eigenvalue weighted by molar-refractivity contribution is 9.11. The number of hydrogen-bond donors (Lipinski definition) is 0. The van der Waals surface area contributed by atoms with Crippen LogP contribution < -0.4 is 0 Å². The van der Waals surface area contributed by atoms with Crippen molar-refractivity contribution in [3.63, 3.8) is 0 Å². The summed E-state index contributed by atoms with van der Waals surface area (Å²) in [6.07, 6.45) is -18.2. The molecule has 0 fully saturated rings. The minimum Gasteiger partial charge on any atom is -0.166 e. The van der Waals surface area contributed by atoms with Crippen LogP contribution in [0.5, 0.6) is 0 Å². The summed E-state index contributed by atoms with van der Waals surface area (Å²) in [5.41, 5.74) is 1.37. The van der Waals surface area contributed by atoms with E-state index in [1.165, 1.54) is 48.5 Å². The van der Waals surface area contributed by atoms with Gasteiger partial charge in [-0.25, -0.2) is 0 Å². The van der Waals surface area contributed by atoms with Crippen LogP contribution in [0.3, 0.4) is 0 Å². The molecular weight excluding hydrogens is 1200 g/mol. The van der Waals surface area contributed by atoms with Gasteiger partial charge in [-0.3, -0.25) is 0 Å². The predicted molar refractivity (Wildman–Crippen MR) is 258 cm³/mol.